The third kappa shape index (κ3) is 10.3. The molecule has 0 saturated carbocycles. The number of hydrogen-bond acceptors (Lipinski definition) is 14. The molecule has 0 aliphatic carbocycles. The molecule has 0 radical (unpaired) electrons. The van der Waals surface area contributed by atoms with Crippen molar-refractivity contribution >= 4 is 24.2 Å². The Balaban J connectivity index is 1.60. The van der Waals surface area contributed by atoms with Gasteiger partial charge in [-0.25, -0.2) is 29.0 Å². The van der Waals surface area contributed by atoms with Gasteiger partial charge in [-0.15, -0.1) is 0 Å². The average Bonchev–Trinajstić information content (AvgIpc) is 2.91. The molecular weight excluding hydrogens is 500 g/mol. The number of carbonyl (C=O) groups excluding carboxylic acids is 4. The van der Waals surface area contributed by atoms with Gasteiger partial charge in [0.2, 0.25) is 0 Å². The summed E-state index contributed by atoms with van der Waals surface area (Å²) in [7, 11) is 2.93. The minimum atomic E-state index is -1.33. The summed E-state index contributed by atoms with van der Waals surface area (Å²) < 4.78 is 19.5. The Morgan fingerprint density at radius 1 is 0.595 bits per heavy atom. The van der Waals surface area contributed by atoms with E-state index in [9.17, 15) is 19.2 Å². The van der Waals surface area contributed by atoms with E-state index in [0.29, 0.717) is 11.5 Å². The van der Waals surface area contributed by atoms with Crippen LogP contribution in [-0.2, 0) is 39.1 Å². The lowest BCUT2D eigenvalue weighted by Gasteiger charge is -2.22. The number of carbonyl (C=O) groups is 4. The minimum Gasteiger partial charge on any atom is -0.497 e. The van der Waals surface area contributed by atoms with Crippen molar-refractivity contribution in [2.45, 2.75) is 13.8 Å². The van der Waals surface area contributed by atoms with Gasteiger partial charge in [-0.3, -0.25) is 9.78 Å². The second-order valence-corrected chi connectivity index (χ2v) is 7.74. The second kappa shape index (κ2) is 14.1. The number of methoxy groups -OCH3 is 2. The lowest BCUT2D eigenvalue weighted by Crippen LogP contribution is -2.29. The normalized spacial score (nSPS) is 10.5. The van der Waals surface area contributed by atoms with Gasteiger partial charge in [0.25, 0.3) is 0 Å². The van der Waals surface area contributed by atoms with Crippen LogP contribution in [0.4, 0.5) is 9.59 Å². The Bertz CT molecular complexity index is 963. The summed E-state index contributed by atoms with van der Waals surface area (Å²) in [5, 5.41) is 8.23. The Labute approximate surface area is 210 Å². The fourth-order valence-corrected chi connectivity index (χ4v) is 2.30. The highest BCUT2D eigenvalue weighted by molar-refractivity contribution is 5.89. The summed E-state index contributed by atoms with van der Waals surface area (Å²) in [6, 6.07) is 11.7. The van der Waals surface area contributed by atoms with E-state index >= 15 is 0 Å². The van der Waals surface area contributed by atoms with Gasteiger partial charge in [0, 0.05) is 5.41 Å². The molecule has 0 bridgehead atoms. The number of benzene rings is 2. The van der Waals surface area contributed by atoms with Gasteiger partial charge in [0.15, 0.2) is 0 Å². The van der Waals surface area contributed by atoms with Crippen LogP contribution < -0.4 is 9.47 Å². The average molecular weight is 524 g/mol. The molecule has 0 N–H and O–H groups in total. The van der Waals surface area contributed by atoms with Crippen molar-refractivity contribution < 1.29 is 67.8 Å². The summed E-state index contributed by atoms with van der Waals surface area (Å²) in [6.45, 7) is 2.54. The predicted octanol–water partition coefficient (Wildman–Crippen LogP) is 3.74. The van der Waals surface area contributed by atoms with Gasteiger partial charge in [0.1, 0.15) is 24.7 Å². The standard InChI is InChI=1S/C23H24O14/c1-23(2,13-30-21(26)34-36-32-19(24)15-5-9-17(28-3)10-6-15)14-31-22(27)35-37-33-20(25)16-7-11-18(29-4)12-8-16/h5-12H,13-14H2,1-4H3. The highest BCUT2D eigenvalue weighted by atomic mass is 17.5. The first-order valence-electron chi connectivity index (χ1n) is 10.4. The fourth-order valence-electron chi connectivity index (χ4n) is 2.30. The highest BCUT2D eigenvalue weighted by Crippen LogP contribution is 2.17. The van der Waals surface area contributed by atoms with Crippen molar-refractivity contribution in [2.75, 3.05) is 27.4 Å². The molecule has 0 unspecified atom stereocenters. The van der Waals surface area contributed by atoms with Crippen LogP contribution in [0.25, 0.3) is 0 Å². The van der Waals surface area contributed by atoms with Crippen LogP contribution in [0, 0.1) is 5.41 Å². The van der Waals surface area contributed by atoms with Crippen LogP contribution in [0.15, 0.2) is 48.5 Å². The molecule has 37 heavy (non-hydrogen) atoms. The molecule has 0 aromatic heterocycles. The lowest BCUT2D eigenvalue weighted by molar-refractivity contribution is -0.453. The molecule has 0 amide bonds. The van der Waals surface area contributed by atoms with E-state index in [-0.39, 0.29) is 24.3 Å². The molecule has 14 heteroatoms. The van der Waals surface area contributed by atoms with Gasteiger partial charge in [-0.2, -0.15) is 0 Å². The van der Waals surface area contributed by atoms with Crippen LogP contribution >= 0.6 is 0 Å². The van der Waals surface area contributed by atoms with Crippen molar-refractivity contribution in [1.29, 1.82) is 0 Å². The molecule has 0 fully saturated rings. The Morgan fingerprint density at radius 3 is 1.27 bits per heavy atom. The molecule has 0 atom stereocenters. The summed E-state index contributed by atoms with van der Waals surface area (Å²) >= 11 is 0. The topological polar surface area (TPSA) is 161 Å². The van der Waals surface area contributed by atoms with Crippen LogP contribution in [0.2, 0.25) is 0 Å². The van der Waals surface area contributed by atoms with Crippen LogP contribution in [0.1, 0.15) is 34.6 Å². The van der Waals surface area contributed by atoms with E-state index in [1.807, 2.05) is 0 Å². The van der Waals surface area contributed by atoms with E-state index in [2.05, 4.69) is 29.6 Å². The smallest absolute Gasteiger partial charge is 0.497 e. The maximum Gasteiger partial charge on any atom is 0.543 e. The first-order valence-corrected chi connectivity index (χ1v) is 10.4. The van der Waals surface area contributed by atoms with E-state index < -0.39 is 29.7 Å². The zero-order chi connectivity index (χ0) is 27.3. The molecule has 0 spiro atoms. The highest BCUT2D eigenvalue weighted by Gasteiger charge is 2.25. The summed E-state index contributed by atoms with van der Waals surface area (Å²) in [6.07, 6.45) is -2.65. The van der Waals surface area contributed by atoms with E-state index in [4.69, 9.17) is 18.9 Å². The number of hydrogen-bond donors (Lipinski definition) is 0. The van der Waals surface area contributed by atoms with Crippen molar-refractivity contribution in [2.24, 2.45) is 5.41 Å². The van der Waals surface area contributed by atoms with Crippen LogP contribution in [0.3, 0.4) is 0 Å². The quantitative estimate of drug-likeness (QED) is 0.224. The molecule has 2 rings (SSSR count). The van der Waals surface area contributed by atoms with Gasteiger partial charge in [0.05, 0.1) is 35.4 Å². The zero-order valence-corrected chi connectivity index (χ0v) is 20.2. The minimum absolute atomic E-state index is 0.113. The molecule has 0 saturated heterocycles. The molecule has 2 aromatic rings. The molecule has 200 valence electrons. The van der Waals surface area contributed by atoms with E-state index in [0.717, 1.165) is 0 Å². The monoisotopic (exact) mass is 524 g/mol. The predicted molar refractivity (Wildman–Crippen MR) is 118 cm³/mol. The zero-order valence-electron chi connectivity index (χ0n) is 20.2. The van der Waals surface area contributed by atoms with Crippen molar-refractivity contribution in [1.82, 2.24) is 0 Å². The van der Waals surface area contributed by atoms with Gasteiger partial charge < -0.3 is 18.9 Å². The second-order valence-electron chi connectivity index (χ2n) is 7.74. The van der Waals surface area contributed by atoms with Crippen molar-refractivity contribution in [3.8, 4) is 11.5 Å². The molecule has 0 aliphatic heterocycles. The van der Waals surface area contributed by atoms with E-state index in [1.54, 1.807) is 13.8 Å². The Hall–Kier alpha value is -4.56. The SMILES string of the molecule is COc1ccc(C(=O)OOOC(=O)OCC(C)(C)COC(=O)OOOC(=O)c2ccc(OC)cc2)cc1. The summed E-state index contributed by atoms with van der Waals surface area (Å²) in [4.78, 5) is 63.8. The van der Waals surface area contributed by atoms with Gasteiger partial charge in [-0.05, 0) is 48.5 Å². The molecular formula is C23H24O14. The largest absolute Gasteiger partial charge is 0.543 e. The van der Waals surface area contributed by atoms with Crippen LogP contribution in [0.5, 0.6) is 11.5 Å². The lowest BCUT2D eigenvalue weighted by atomic mass is 9.96. The fraction of sp³-hybridized carbons (Fsp3) is 0.304. The summed E-state index contributed by atoms with van der Waals surface area (Å²) in [5.74, 6) is -0.810. The molecule has 14 nitrogen and oxygen atoms in total. The molecule has 0 heterocycles. The Kier molecular flexibility index (Phi) is 10.9. The van der Waals surface area contributed by atoms with Gasteiger partial charge >= 0.3 is 24.2 Å². The van der Waals surface area contributed by atoms with E-state index in [1.165, 1.54) is 62.8 Å². The first kappa shape index (κ1) is 28.7. The Morgan fingerprint density at radius 2 is 0.946 bits per heavy atom. The van der Waals surface area contributed by atoms with Gasteiger partial charge in [-0.1, -0.05) is 13.8 Å². The molecule has 2 aromatic carbocycles. The number of rotatable bonds is 12. The third-order valence-corrected chi connectivity index (χ3v) is 4.24. The molecule has 0 aliphatic rings. The maximum absolute atomic E-state index is 11.8. The van der Waals surface area contributed by atoms with Crippen molar-refractivity contribution in [3.63, 3.8) is 0 Å². The third-order valence-electron chi connectivity index (χ3n) is 4.24. The number of ether oxygens (including phenoxy) is 4. The first-order chi connectivity index (χ1) is 17.6. The van der Waals surface area contributed by atoms with Crippen LogP contribution in [-0.4, -0.2) is 51.7 Å². The summed E-state index contributed by atoms with van der Waals surface area (Å²) in [5.41, 5.74) is -0.692. The van der Waals surface area contributed by atoms with Crippen molar-refractivity contribution in [3.05, 3.63) is 59.7 Å². The maximum atomic E-state index is 11.8.